The van der Waals surface area contributed by atoms with Crippen LogP contribution in [0.1, 0.15) is 31.2 Å². The lowest BCUT2D eigenvalue weighted by atomic mass is 9.86. The van der Waals surface area contributed by atoms with E-state index in [4.69, 9.17) is 9.47 Å². The molecule has 6 heteroatoms. The van der Waals surface area contributed by atoms with Crippen molar-refractivity contribution in [2.75, 3.05) is 32.8 Å². The van der Waals surface area contributed by atoms with Gasteiger partial charge in [-0.05, 0) is 36.7 Å². The predicted octanol–water partition coefficient (Wildman–Crippen LogP) is 1.74. The van der Waals surface area contributed by atoms with Crippen molar-refractivity contribution in [3.8, 4) is 0 Å². The van der Waals surface area contributed by atoms with Crippen LogP contribution in [0.25, 0.3) is 0 Å². The lowest BCUT2D eigenvalue weighted by Crippen LogP contribution is -2.63. The molecule has 6 nitrogen and oxygen atoms in total. The summed E-state index contributed by atoms with van der Waals surface area (Å²) in [6, 6.07) is 9.84. The van der Waals surface area contributed by atoms with E-state index in [1.807, 2.05) is 30.3 Å². The van der Waals surface area contributed by atoms with E-state index in [-0.39, 0.29) is 29.9 Å². The van der Waals surface area contributed by atoms with Gasteiger partial charge in [-0.3, -0.25) is 9.59 Å². The van der Waals surface area contributed by atoms with Gasteiger partial charge in [0.25, 0.3) is 0 Å². The number of amides is 2. The number of likely N-dealkylation sites (tertiary alicyclic amines) is 1. The summed E-state index contributed by atoms with van der Waals surface area (Å²) in [5.74, 6) is 1.10. The van der Waals surface area contributed by atoms with Gasteiger partial charge >= 0.3 is 0 Å². The molecule has 1 spiro atoms. The average Bonchev–Trinajstić information content (AvgIpc) is 3.38. The molecule has 2 amide bonds. The van der Waals surface area contributed by atoms with Gasteiger partial charge in [0.2, 0.25) is 11.8 Å². The normalized spacial score (nSPS) is 23.3. The zero-order valence-electron chi connectivity index (χ0n) is 15.7. The van der Waals surface area contributed by atoms with E-state index in [1.54, 1.807) is 4.90 Å². The van der Waals surface area contributed by atoms with Crippen LogP contribution in [0.4, 0.5) is 0 Å². The lowest BCUT2D eigenvalue weighted by Gasteiger charge is -2.47. The first-order chi connectivity index (χ1) is 13.1. The highest BCUT2D eigenvalue weighted by Crippen LogP contribution is 2.39. The van der Waals surface area contributed by atoms with E-state index in [2.05, 4.69) is 5.32 Å². The molecule has 1 N–H and O–H groups in total. The zero-order chi connectivity index (χ0) is 18.7. The molecule has 0 radical (unpaired) electrons. The average molecular weight is 372 g/mol. The smallest absolute Gasteiger partial charge is 0.248 e. The molecule has 1 aliphatic carbocycles. The van der Waals surface area contributed by atoms with Crippen LogP contribution in [0.15, 0.2) is 30.3 Å². The Morgan fingerprint density at radius 3 is 2.70 bits per heavy atom. The Kier molecular flexibility index (Phi) is 5.45. The third-order valence-corrected chi connectivity index (χ3v) is 5.69. The molecule has 2 saturated heterocycles. The Bertz CT molecular complexity index is 668. The van der Waals surface area contributed by atoms with Crippen LogP contribution in [-0.4, -0.2) is 55.2 Å². The minimum absolute atomic E-state index is 0.00535. The molecular formula is C21H28N2O4. The molecule has 27 heavy (non-hydrogen) atoms. The Hall–Kier alpha value is -1.92. The first-order valence-corrected chi connectivity index (χ1v) is 9.92. The van der Waals surface area contributed by atoms with Gasteiger partial charge in [0, 0.05) is 13.0 Å². The summed E-state index contributed by atoms with van der Waals surface area (Å²) in [5, 5.41) is 3.02. The van der Waals surface area contributed by atoms with Crippen molar-refractivity contribution < 1.29 is 19.1 Å². The van der Waals surface area contributed by atoms with Crippen molar-refractivity contribution in [2.24, 2.45) is 11.8 Å². The van der Waals surface area contributed by atoms with Crippen LogP contribution in [0.5, 0.6) is 0 Å². The minimum atomic E-state index is -0.240. The SMILES string of the molecule is O=C(CC1COC2(C1)CN(C(=O)COCc1ccccc1)C2)NCC1CC1. The minimum Gasteiger partial charge on any atom is -0.371 e. The molecule has 1 aromatic rings. The molecule has 1 saturated carbocycles. The molecule has 1 atom stereocenters. The van der Waals surface area contributed by atoms with E-state index in [0.29, 0.717) is 38.6 Å². The topological polar surface area (TPSA) is 67.9 Å². The Morgan fingerprint density at radius 1 is 1.19 bits per heavy atom. The maximum Gasteiger partial charge on any atom is 0.248 e. The second-order valence-electron chi connectivity index (χ2n) is 8.24. The third-order valence-electron chi connectivity index (χ3n) is 5.69. The van der Waals surface area contributed by atoms with Crippen molar-refractivity contribution in [2.45, 2.75) is 37.9 Å². The summed E-state index contributed by atoms with van der Waals surface area (Å²) in [7, 11) is 0. The second-order valence-corrected chi connectivity index (χ2v) is 8.24. The van der Waals surface area contributed by atoms with Crippen molar-refractivity contribution in [3.63, 3.8) is 0 Å². The predicted molar refractivity (Wildman–Crippen MR) is 99.8 cm³/mol. The van der Waals surface area contributed by atoms with Gasteiger partial charge in [-0.1, -0.05) is 30.3 Å². The van der Waals surface area contributed by atoms with Crippen LogP contribution in [0.2, 0.25) is 0 Å². The Morgan fingerprint density at radius 2 is 1.96 bits per heavy atom. The van der Waals surface area contributed by atoms with Gasteiger partial charge < -0.3 is 19.7 Å². The number of ether oxygens (including phenoxy) is 2. The van der Waals surface area contributed by atoms with E-state index in [1.165, 1.54) is 12.8 Å². The highest BCUT2D eigenvalue weighted by Gasteiger charge is 2.51. The second kappa shape index (κ2) is 7.98. The molecular weight excluding hydrogens is 344 g/mol. The summed E-state index contributed by atoms with van der Waals surface area (Å²) in [5.41, 5.74) is 0.823. The summed E-state index contributed by atoms with van der Waals surface area (Å²) in [6.45, 7) is 3.20. The molecule has 3 aliphatic rings. The van der Waals surface area contributed by atoms with Gasteiger partial charge in [-0.25, -0.2) is 0 Å². The Balaban J connectivity index is 1.13. The van der Waals surface area contributed by atoms with Crippen LogP contribution >= 0.6 is 0 Å². The number of hydrogen-bond donors (Lipinski definition) is 1. The first kappa shape index (κ1) is 18.4. The van der Waals surface area contributed by atoms with Crippen molar-refractivity contribution in [1.82, 2.24) is 10.2 Å². The quantitative estimate of drug-likeness (QED) is 0.755. The fourth-order valence-electron chi connectivity index (χ4n) is 3.95. The van der Waals surface area contributed by atoms with E-state index in [0.717, 1.165) is 18.5 Å². The van der Waals surface area contributed by atoms with Gasteiger partial charge in [-0.15, -0.1) is 0 Å². The van der Waals surface area contributed by atoms with Crippen LogP contribution in [-0.2, 0) is 25.7 Å². The highest BCUT2D eigenvalue weighted by atomic mass is 16.5. The lowest BCUT2D eigenvalue weighted by molar-refractivity contribution is -0.162. The molecule has 1 unspecified atom stereocenters. The van der Waals surface area contributed by atoms with E-state index in [9.17, 15) is 9.59 Å². The summed E-state index contributed by atoms with van der Waals surface area (Å²) in [4.78, 5) is 26.1. The molecule has 4 rings (SSSR count). The third kappa shape index (κ3) is 4.87. The molecule has 1 aromatic carbocycles. The van der Waals surface area contributed by atoms with Crippen molar-refractivity contribution in [1.29, 1.82) is 0 Å². The number of nitrogens with zero attached hydrogens (tertiary/aromatic N) is 1. The van der Waals surface area contributed by atoms with Gasteiger partial charge in [0.05, 0.1) is 26.3 Å². The number of carbonyl (C=O) groups is 2. The van der Waals surface area contributed by atoms with Gasteiger partial charge in [0.1, 0.15) is 12.2 Å². The first-order valence-electron chi connectivity index (χ1n) is 9.92. The zero-order valence-corrected chi connectivity index (χ0v) is 15.7. The summed E-state index contributed by atoms with van der Waals surface area (Å²) >= 11 is 0. The number of nitrogens with one attached hydrogen (secondary N) is 1. The molecule has 2 aliphatic heterocycles. The number of benzene rings is 1. The monoisotopic (exact) mass is 372 g/mol. The maximum atomic E-state index is 12.3. The number of rotatable bonds is 8. The maximum absolute atomic E-state index is 12.3. The van der Waals surface area contributed by atoms with Crippen LogP contribution in [0.3, 0.4) is 0 Å². The summed E-state index contributed by atoms with van der Waals surface area (Å²) < 4.78 is 11.5. The largest absolute Gasteiger partial charge is 0.371 e. The van der Waals surface area contributed by atoms with Gasteiger partial charge in [0.15, 0.2) is 0 Å². The van der Waals surface area contributed by atoms with Crippen LogP contribution in [0, 0.1) is 11.8 Å². The fourth-order valence-corrected chi connectivity index (χ4v) is 3.95. The highest BCUT2D eigenvalue weighted by molar-refractivity contribution is 5.79. The van der Waals surface area contributed by atoms with Crippen LogP contribution < -0.4 is 5.32 Å². The number of carbonyl (C=O) groups excluding carboxylic acids is 2. The van der Waals surface area contributed by atoms with Crippen molar-refractivity contribution >= 4 is 11.8 Å². The molecule has 2 heterocycles. The number of hydrogen-bond acceptors (Lipinski definition) is 4. The molecule has 146 valence electrons. The fraction of sp³-hybridized carbons (Fsp3) is 0.619. The molecule has 0 aromatic heterocycles. The van der Waals surface area contributed by atoms with Crippen molar-refractivity contribution in [3.05, 3.63) is 35.9 Å². The van der Waals surface area contributed by atoms with E-state index >= 15 is 0 Å². The molecule has 3 fully saturated rings. The van der Waals surface area contributed by atoms with E-state index < -0.39 is 0 Å². The summed E-state index contributed by atoms with van der Waals surface area (Å²) in [6.07, 6.45) is 3.88. The molecule has 0 bridgehead atoms. The van der Waals surface area contributed by atoms with Gasteiger partial charge in [-0.2, -0.15) is 0 Å². The Labute approximate surface area is 160 Å². The standard InChI is InChI=1S/C21H28N2O4/c24-19(22-10-16-6-7-16)8-18-9-21(27-12-18)14-23(15-21)20(25)13-26-11-17-4-2-1-3-5-17/h1-5,16,18H,6-15H2,(H,22,24).